The number of aliphatic hydroxyl groups excluding tert-OH is 3. The number of nitrogens with two attached hydrogens (primary N) is 1. The number of aliphatic hydroxyl groups is 3. The van der Waals surface area contributed by atoms with Gasteiger partial charge in [0.15, 0.2) is 17.7 Å². The summed E-state index contributed by atoms with van der Waals surface area (Å²) in [5.74, 6) is 5.52. The molecule has 2 aliphatic heterocycles. The standard InChI is InChI=1S/C24H24N6O6/c25-20-17-21(30(12-26-17)24-19(33)18(32)15(11-31)36-24)28-16(27-20)9-3-1-2-6-10-29-22(34)13-7-4-5-8-14(13)23(29)35/h4-5,7-8,12,15,18-19,24,31-33H,1-2,6,10-11H2,(H2,25,27,28)/t15-,18-,19-,24-/m1/s1. The van der Waals surface area contributed by atoms with Crippen molar-refractivity contribution in [1.82, 2.24) is 24.4 Å². The van der Waals surface area contributed by atoms with Crippen LogP contribution < -0.4 is 5.73 Å². The summed E-state index contributed by atoms with van der Waals surface area (Å²) in [7, 11) is 0. The molecular formula is C24H24N6O6. The third-order valence-electron chi connectivity index (χ3n) is 6.25. The lowest BCUT2D eigenvalue weighted by atomic mass is 10.1. The van der Waals surface area contributed by atoms with E-state index in [-0.39, 0.29) is 29.1 Å². The molecule has 1 aromatic carbocycles. The summed E-state index contributed by atoms with van der Waals surface area (Å²) in [6.07, 6.45) is -1.42. The Morgan fingerprint density at radius 2 is 1.78 bits per heavy atom. The molecule has 3 aromatic rings. The van der Waals surface area contributed by atoms with E-state index in [0.717, 1.165) is 0 Å². The summed E-state index contributed by atoms with van der Waals surface area (Å²) in [5.41, 5.74) is 7.44. The predicted molar refractivity (Wildman–Crippen MR) is 125 cm³/mol. The monoisotopic (exact) mass is 492 g/mol. The molecule has 12 heteroatoms. The Balaban J connectivity index is 1.22. The smallest absolute Gasteiger partial charge is 0.261 e. The van der Waals surface area contributed by atoms with E-state index in [1.54, 1.807) is 24.3 Å². The molecule has 4 atom stereocenters. The molecular weight excluding hydrogens is 468 g/mol. The van der Waals surface area contributed by atoms with Gasteiger partial charge in [-0.3, -0.25) is 19.1 Å². The molecule has 2 amide bonds. The summed E-state index contributed by atoms with van der Waals surface area (Å²) in [5, 5.41) is 29.7. The van der Waals surface area contributed by atoms with Crippen LogP contribution in [0.2, 0.25) is 0 Å². The number of amides is 2. The van der Waals surface area contributed by atoms with Crippen molar-refractivity contribution in [3.8, 4) is 11.8 Å². The van der Waals surface area contributed by atoms with Crippen LogP contribution in [0, 0.1) is 11.8 Å². The highest BCUT2D eigenvalue weighted by molar-refractivity contribution is 6.21. The van der Waals surface area contributed by atoms with Gasteiger partial charge in [-0.1, -0.05) is 18.1 Å². The van der Waals surface area contributed by atoms with Crippen molar-refractivity contribution < 1.29 is 29.6 Å². The van der Waals surface area contributed by atoms with Crippen molar-refractivity contribution in [3.63, 3.8) is 0 Å². The van der Waals surface area contributed by atoms with E-state index in [9.17, 15) is 24.9 Å². The summed E-state index contributed by atoms with van der Waals surface area (Å²) in [6, 6.07) is 6.78. The Bertz CT molecular complexity index is 1360. The SMILES string of the molecule is Nc1nc(C#CCCCCN2C(=O)c3ccccc3C2=O)nc2c1ncn2[C@@H]1O[C@H](CO)[C@@H](O)[C@H]1O. The van der Waals surface area contributed by atoms with Crippen LogP contribution in [-0.2, 0) is 4.74 Å². The van der Waals surface area contributed by atoms with Crippen LogP contribution >= 0.6 is 0 Å². The fourth-order valence-electron chi connectivity index (χ4n) is 4.36. The number of rotatable bonds is 6. The number of anilines is 1. The zero-order valence-electron chi connectivity index (χ0n) is 19.1. The largest absolute Gasteiger partial charge is 0.394 e. The number of benzene rings is 1. The van der Waals surface area contributed by atoms with Gasteiger partial charge < -0.3 is 25.8 Å². The lowest BCUT2D eigenvalue weighted by Crippen LogP contribution is -2.33. The number of imide groups is 1. The first-order valence-electron chi connectivity index (χ1n) is 11.5. The number of ether oxygens (including phenoxy) is 1. The molecule has 12 nitrogen and oxygen atoms in total. The normalized spacial score (nSPS) is 23.2. The molecule has 0 bridgehead atoms. The average Bonchev–Trinajstić information content (AvgIpc) is 3.50. The molecule has 0 saturated carbocycles. The Hall–Kier alpha value is -3.89. The quantitative estimate of drug-likeness (QED) is 0.205. The molecule has 186 valence electrons. The number of imidazole rings is 1. The van der Waals surface area contributed by atoms with Crippen LogP contribution in [0.15, 0.2) is 30.6 Å². The highest BCUT2D eigenvalue weighted by Crippen LogP contribution is 2.32. The second-order valence-corrected chi connectivity index (χ2v) is 8.55. The number of carbonyl (C=O) groups is 2. The fourth-order valence-corrected chi connectivity index (χ4v) is 4.36. The lowest BCUT2D eigenvalue weighted by molar-refractivity contribution is -0.0511. The van der Waals surface area contributed by atoms with Crippen molar-refractivity contribution in [2.45, 2.75) is 43.8 Å². The number of aromatic nitrogens is 4. The van der Waals surface area contributed by atoms with Gasteiger partial charge in [-0.25, -0.2) is 15.0 Å². The maximum absolute atomic E-state index is 12.4. The minimum atomic E-state index is -1.30. The highest BCUT2D eigenvalue weighted by Gasteiger charge is 2.44. The Labute approximate surface area is 205 Å². The van der Waals surface area contributed by atoms with Gasteiger partial charge in [-0.15, -0.1) is 0 Å². The van der Waals surface area contributed by atoms with Crippen LogP contribution in [0.3, 0.4) is 0 Å². The Morgan fingerprint density at radius 3 is 2.44 bits per heavy atom. The first-order chi connectivity index (χ1) is 17.4. The first kappa shape index (κ1) is 23.8. The second kappa shape index (κ2) is 9.63. The van der Waals surface area contributed by atoms with Crippen LogP contribution in [0.25, 0.3) is 11.2 Å². The van der Waals surface area contributed by atoms with Crippen molar-refractivity contribution >= 4 is 28.8 Å². The molecule has 0 spiro atoms. The summed E-state index contributed by atoms with van der Waals surface area (Å²) in [6.45, 7) is -0.144. The summed E-state index contributed by atoms with van der Waals surface area (Å²) in [4.78, 5) is 38.8. The predicted octanol–water partition coefficient (Wildman–Crippen LogP) is -0.162. The molecule has 0 unspecified atom stereocenters. The third-order valence-corrected chi connectivity index (χ3v) is 6.25. The van der Waals surface area contributed by atoms with Gasteiger partial charge in [0.2, 0.25) is 5.82 Å². The van der Waals surface area contributed by atoms with Gasteiger partial charge in [-0.2, -0.15) is 0 Å². The number of hydrogen-bond donors (Lipinski definition) is 4. The molecule has 0 aliphatic carbocycles. The number of nitrogens with zero attached hydrogens (tertiary/aromatic N) is 5. The number of carbonyl (C=O) groups excluding carboxylic acids is 2. The molecule has 4 heterocycles. The van der Waals surface area contributed by atoms with Crippen molar-refractivity contribution in [1.29, 1.82) is 0 Å². The third kappa shape index (κ3) is 4.08. The molecule has 36 heavy (non-hydrogen) atoms. The van der Waals surface area contributed by atoms with Gasteiger partial charge in [0.05, 0.1) is 24.1 Å². The summed E-state index contributed by atoms with van der Waals surface area (Å²) >= 11 is 0. The van der Waals surface area contributed by atoms with Gasteiger partial charge in [0.1, 0.15) is 23.8 Å². The van der Waals surface area contributed by atoms with E-state index >= 15 is 0 Å². The van der Waals surface area contributed by atoms with Crippen molar-refractivity contribution in [3.05, 3.63) is 47.5 Å². The molecule has 5 N–H and O–H groups in total. The molecule has 2 aromatic heterocycles. The summed E-state index contributed by atoms with van der Waals surface area (Å²) < 4.78 is 6.98. The van der Waals surface area contributed by atoms with E-state index in [0.29, 0.717) is 42.5 Å². The van der Waals surface area contributed by atoms with Crippen LogP contribution in [0.5, 0.6) is 0 Å². The number of unbranched alkanes of at least 4 members (excludes halogenated alkanes) is 2. The van der Waals surface area contributed by atoms with Crippen LogP contribution in [-0.4, -0.2) is 83.0 Å². The number of fused-ring (bicyclic) bond motifs is 2. The molecule has 1 fully saturated rings. The Morgan fingerprint density at radius 1 is 1.06 bits per heavy atom. The van der Waals surface area contributed by atoms with Gasteiger partial charge >= 0.3 is 0 Å². The zero-order chi connectivity index (χ0) is 25.4. The lowest BCUT2D eigenvalue weighted by Gasteiger charge is -2.16. The Kier molecular flexibility index (Phi) is 6.38. The van der Waals surface area contributed by atoms with E-state index in [2.05, 4.69) is 26.8 Å². The maximum atomic E-state index is 12.4. The van der Waals surface area contributed by atoms with E-state index in [4.69, 9.17) is 10.5 Å². The minimum absolute atomic E-state index is 0.0976. The van der Waals surface area contributed by atoms with Crippen LogP contribution in [0.4, 0.5) is 5.82 Å². The van der Waals surface area contributed by atoms with Gasteiger partial charge in [-0.05, 0) is 30.9 Å². The molecule has 2 aliphatic rings. The van der Waals surface area contributed by atoms with Gasteiger partial charge in [0.25, 0.3) is 11.8 Å². The van der Waals surface area contributed by atoms with Gasteiger partial charge in [0, 0.05) is 13.0 Å². The zero-order valence-corrected chi connectivity index (χ0v) is 19.1. The molecule has 0 radical (unpaired) electrons. The molecule has 5 rings (SSSR count). The second-order valence-electron chi connectivity index (χ2n) is 8.55. The number of hydrogen-bond acceptors (Lipinski definition) is 10. The van der Waals surface area contributed by atoms with Crippen LogP contribution in [0.1, 0.15) is 52.0 Å². The topological polar surface area (TPSA) is 177 Å². The van der Waals surface area contributed by atoms with Crippen molar-refractivity contribution in [2.24, 2.45) is 0 Å². The molecule has 1 saturated heterocycles. The maximum Gasteiger partial charge on any atom is 0.261 e. The van der Waals surface area contributed by atoms with Crippen molar-refractivity contribution in [2.75, 3.05) is 18.9 Å². The van der Waals surface area contributed by atoms with E-state index in [1.165, 1.54) is 15.8 Å². The highest BCUT2D eigenvalue weighted by atomic mass is 16.6. The fraction of sp³-hybridized carbons (Fsp3) is 0.375. The first-order valence-corrected chi connectivity index (χ1v) is 11.5. The average molecular weight is 492 g/mol. The van der Waals surface area contributed by atoms with E-state index < -0.39 is 31.1 Å². The van der Waals surface area contributed by atoms with E-state index in [1.807, 2.05) is 0 Å². The minimum Gasteiger partial charge on any atom is -0.394 e. The number of nitrogen functional groups attached to an aromatic ring is 1.